The van der Waals surface area contributed by atoms with Gasteiger partial charge in [0, 0.05) is 18.6 Å². The summed E-state index contributed by atoms with van der Waals surface area (Å²) in [5.41, 5.74) is 9.20. The van der Waals surface area contributed by atoms with E-state index in [0.717, 1.165) is 30.4 Å². The van der Waals surface area contributed by atoms with E-state index in [0.29, 0.717) is 6.04 Å². The van der Waals surface area contributed by atoms with Gasteiger partial charge in [0.1, 0.15) is 5.75 Å². The minimum absolute atomic E-state index is 0.128. The number of hydrogen-bond donors (Lipinski definition) is 1. The van der Waals surface area contributed by atoms with Crippen LogP contribution < -0.4 is 10.5 Å². The first-order valence-corrected chi connectivity index (χ1v) is 7.72. The van der Waals surface area contributed by atoms with Crippen molar-refractivity contribution in [2.75, 3.05) is 20.7 Å². The molecule has 2 aliphatic carbocycles. The average Bonchev–Trinajstić information content (AvgIpc) is 3.13. The molecule has 4 atom stereocenters. The zero-order valence-corrected chi connectivity index (χ0v) is 12.8. The van der Waals surface area contributed by atoms with Crippen molar-refractivity contribution in [3.05, 3.63) is 29.3 Å². The van der Waals surface area contributed by atoms with Gasteiger partial charge in [0.05, 0.1) is 7.11 Å². The number of nitrogens with zero attached hydrogens (tertiary/aromatic N) is 1. The monoisotopic (exact) mass is 274 g/mol. The van der Waals surface area contributed by atoms with Crippen molar-refractivity contribution in [1.29, 1.82) is 0 Å². The van der Waals surface area contributed by atoms with Gasteiger partial charge in [-0.25, -0.2) is 0 Å². The third-order valence-corrected chi connectivity index (χ3v) is 5.20. The van der Waals surface area contributed by atoms with E-state index < -0.39 is 0 Å². The van der Waals surface area contributed by atoms with Crippen LogP contribution in [0.4, 0.5) is 0 Å². The van der Waals surface area contributed by atoms with Gasteiger partial charge in [0.25, 0.3) is 0 Å². The van der Waals surface area contributed by atoms with Crippen molar-refractivity contribution >= 4 is 0 Å². The van der Waals surface area contributed by atoms with Crippen LogP contribution in [0.15, 0.2) is 18.2 Å². The standard InChI is InChI=1S/C17H26N2O/c1-11-8-13(11)10-19(2)16-7-4-12-9-14(20-3)5-6-15(12)17(16)18/h5-6,9,11,13,16-17H,4,7-8,10,18H2,1-3H3. The Kier molecular flexibility index (Phi) is 3.74. The summed E-state index contributed by atoms with van der Waals surface area (Å²) in [5, 5.41) is 0. The van der Waals surface area contributed by atoms with Gasteiger partial charge in [-0.2, -0.15) is 0 Å². The van der Waals surface area contributed by atoms with E-state index in [1.807, 2.05) is 6.07 Å². The lowest BCUT2D eigenvalue weighted by Gasteiger charge is -2.37. The Morgan fingerprint density at radius 3 is 2.80 bits per heavy atom. The molecule has 0 bridgehead atoms. The molecular formula is C17H26N2O. The molecule has 20 heavy (non-hydrogen) atoms. The van der Waals surface area contributed by atoms with Gasteiger partial charge in [0.2, 0.25) is 0 Å². The quantitative estimate of drug-likeness (QED) is 0.917. The fourth-order valence-corrected chi connectivity index (χ4v) is 3.59. The molecule has 0 heterocycles. The lowest BCUT2D eigenvalue weighted by atomic mass is 9.83. The van der Waals surface area contributed by atoms with Crippen molar-refractivity contribution in [3.63, 3.8) is 0 Å². The molecule has 0 saturated heterocycles. The zero-order valence-electron chi connectivity index (χ0n) is 12.8. The largest absolute Gasteiger partial charge is 0.497 e. The molecule has 4 unspecified atom stereocenters. The van der Waals surface area contributed by atoms with Gasteiger partial charge in [0.15, 0.2) is 0 Å². The average molecular weight is 274 g/mol. The number of methoxy groups -OCH3 is 1. The van der Waals surface area contributed by atoms with Gasteiger partial charge in [-0.3, -0.25) is 0 Å². The van der Waals surface area contributed by atoms with E-state index in [-0.39, 0.29) is 6.04 Å². The van der Waals surface area contributed by atoms with Gasteiger partial charge in [-0.15, -0.1) is 0 Å². The van der Waals surface area contributed by atoms with Gasteiger partial charge < -0.3 is 15.4 Å². The number of fused-ring (bicyclic) bond motifs is 1. The number of benzene rings is 1. The maximum Gasteiger partial charge on any atom is 0.119 e. The Balaban J connectivity index is 1.73. The summed E-state index contributed by atoms with van der Waals surface area (Å²) in [6.45, 7) is 3.55. The molecule has 2 N–H and O–H groups in total. The molecule has 1 aromatic carbocycles. The van der Waals surface area contributed by atoms with Crippen LogP contribution in [-0.2, 0) is 6.42 Å². The number of hydrogen-bond acceptors (Lipinski definition) is 3. The van der Waals surface area contributed by atoms with Crippen molar-refractivity contribution in [2.45, 2.75) is 38.3 Å². The van der Waals surface area contributed by atoms with Crippen molar-refractivity contribution < 1.29 is 4.74 Å². The maximum absolute atomic E-state index is 6.53. The number of ether oxygens (including phenoxy) is 1. The smallest absolute Gasteiger partial charge is 0.119 e. The Hall–Kier alpha value is -1.06. The van der Waals surface area contributed by atoms with Crippen LogP contribution in [0.5, 0.6) is 5.75 Å². The zero-order chi connectivity index (χ0) is 14.3. The maximum atomic E-state index is 6.53. The van der Waals surface area contributed by atoms with Crippen LogP contribution >= 0.6 is 0 Å². The number of likely N-dealkylation sites (N-methyl/N-ethyl adjacent to an activating group) is 1. The van der Waals surface area contributed by atoms with Crippen molar-refractivity contribution in [3.8, 4) is 5.75 Å². The van der Waals surface area contributed by atoms with Gasteiger partial charge in [-0.05, 0) is 61.4 Å². The molecule has 3 nitrogen and oxygen atoms in total. The topological polar surface area (TPSA) is 38.5 Å². The van der Waals surface area contributed by atoms with Gasteiger partial charge >= 0.3 is 0 Å². The third-order valence-electron chi connectivity index (χ3n) is 5.20. The van der Waals surface area contributed by atoms with Crippen LogP contribution in [0, 0.1) is 11.8 Å². The molecule has 3 heteroatoms. The second-order valence-electron chi connectivity index (χ2n) is 6.61. The number of nitrogens with two attached hydrogens (primary N) is 1. The summed E-state index contributed by atoms with van der Waals surface area (Å²) in [6, 6.07) is 6.93. The van der Waals surface area contributed by atoms with Crippen LogP contribution in [0.25, 0.3) is 0 Å². The molecule has 1 fully saturated rings. The van der Waals surface area contributed by atoms with E-state index in [1.165, 1.54) is 24.1 Å². The summed E-state index contributed by atoms with van der Waals surface area (Å²) in [5.74, 6) is 2.74. The number of aryl methyl sites for hydroxylation is 1. The summed E-state index contributed by atoms with van der Waals surface area (Å²) < 4.78 is 5.31. The highest BCUT2D eigenvalue weighted by Crippen LogP contribution is 2.40. The normalized spacial score (nSPS) is 32.0. The van der Waals surface area contributed by atoms with Crippen molar-refractivity contribution in [1.82, 2.24) is 4.90 Å². The highest BCUT2D eigenvalue weighted by atomic mass is 16.5. The minimum atomic E-state index is 0.128. The minimum Gasteiger partial charge on any atom is -0.497 e. The fourth-order valence-electron chi connectivity index (χ4n) is 3.59. The van der Waals surface area contributed by atoms with Gasteiger partial charge in [-0.1, -0.05) is 13.0 Å². The predicted molar refractivity (Wildman–Crippen MR) is 81.9 cm³/mol. The lowest BCUT2D eigenvalue weighted by Crippen LogP contribution is -2.44. The molecule has 1 saturated carbocycles. The molecule has 3 rings (SSSR count). The fraction of sp³-hybridized carbons (Fsp3) is 0.647. The Morgan fingerprint density at radius 2 is 2.15 bits per heavy atom. The highest BCUT2D eigenvalue weighted by Gasteiger charge is 2.37. The SMILES string of the molecule is COc1ccc2c(c1)CCC(N(C)CC1CC1C)C2N. The Morgan fingerprint density at radius 1 is 1.40 bits per heavy atom. The Labute approximate surface area is 122 Å². The highest BCUT2D eigenvalue weighted by molar-refractivity contribution is 5.40. The molecule has 0 spiro atoms. The molecule has 0 radical (unpaired) electrons. The first-order chi connectivity index (χ1) is 9.60. The summed E-state index contributed by atoms with van der Waals surface area (Å²) in [4.78, 5) is 2.49. The predicted octanol–water partition coefficient (Wildman–Crippen LogP) is 2.60. The molecule has 1 aromatic rings. The molecule has 110 valence electrons. The molecular weight excluding hydrogens is 248 g/mol. The molecule has 0 amide bonds. The molecule has 0 aromatic heterocycles. The summed E-state index contributed by atoms with van der Waals surface area (Å²) >= 11 is 0. The third kappa shape index (κ3) is 2.57. The van der Waals surface area contributed by atoms with Crippen LogP contribution in [0.3, 0.4) is 0 Å². The molecule has 2 aliphatic rings. The summed E-state index contributed by atoms with van der Waals surface area (Å²) in [6.07, 6.45) is 3.65. The van der Waals surface area contributed by atoms with Crippen molar-refractivity contribution in [2.24, 2.45) is 17.6 Å². The van der Waals surface area contributed by atoms with Crippen LogP contribution in [0.2, 0.25) is 0 Å². The lowest BCUT2D eigenvalue weighted by molar-refractivity contribution is 0.182. The Bertz CT molecular complexity index is 488. The van der Waals surface area contributed by atoms with E-state index in [2.05, 4.69) is 31.0 Å². The van der Waals surface area contributed by atoms with E-state index in [4.69, 9.17) is 10.5 Å². The molecule has 0 aliphatic heterocycles. The first kappa shape index (κ1) is 13.9. The van der Waals surface area contributed by atoms with Crippen LogP contribution in [0.1, 0.15) is 36.9 Å². The summed E-state index contributed by atoms with van der Waals surface area (Å²) in [7, 11) is 3.96. The second kappa shape index (κ2) is 5.38. The number of rotatable bonds is 4. The van der Waals surface area contributed by atoms with E-state index in [9.17, 15) is 0 Å². The van der Waals surface area contributed by atoms with Crippen LogP contribution in [-0.4, -0.2) is 31.6 Å². The van der Waals surface area contributed by atoms with E-state index >= 15 is 0 Å². The first-order valence-electron chi connectivity index (χ1n) is 7.72. The van der Waals surface area contributed by atoms with E-state index in [1.54, 1.807) is 7.11 Å². The second-order valence-corrected chi connectivity index (χ2v) is 6.61.